The van der Waals surface area contributed by atoms with Crippen molar-refractivity contribution in [3.05, 3.63) is 53.1 Å². The Hall–Kier alpha value is -2.40. The van der Waals surface area contributed by atoms with E-state index in [2.05, 4.69) is 6.58 Å². The minimum atomic E-state index is -0.744. The maximum absolute atomic E-state index is 12.1. The standard InChI is InChI=1S/C18H20O5/c1-5-10(2)18(21)23-17-14-8-13(12(4)20)6-7-15(14)22-16(17)11(3)9-19/h5-8,16-17,19H,3,9H2,1-2,4H3/t16-,17-/m1/s1. The van der Waals surface area contributed by atoms with Gasteiger partial charge in [-0.15, -0.1) is 0 Å². The van der Waals surface area contributed by atoms with Crippen LogP contribution in [0.15, 0.2) is 42.0 Å². The van der Waals surface area contributed by atoms with Crippen molar-refractivity contribution in [3.8, 4) is 5.75 Å². The van der Waals surface area contributed by atoms with Crippen molar-refractivity contribution in [2.45, 2.75) is 33.0 Å². The largest absolute Gasteiger partial charge is 0.481 e. The smallest absolute Gasteiger partial charge is 0.334 e. The summed E-state index contributed by atoms with van der Waals surface area (Å²) in [6.07, 6.45) is 0.234. The lowest BCUT2D eigenvalue weighted by atomic mass is 9.99. The number of carbonyl (C=O) groups excluding carboxylic acids is 2. The van der Waals surface area contributed by atoms with Crippen molar-refractivity contribution in [1.82, 2.24) is 0 Å². The zero-order valence-electron chi connectivity index (χ0n) is 13.5. The molecular weight excluding hydrogens is 296 g/mol. The molecule has 23 heavy (non-hydrogen) atoms. The molecule has 0 saturated heterocycles. The molecule has 0 aromatic heterocycles. The van der Waals surface area contributed by atoms with E-state index in [9.17, 15) is 14.7 Å². The molecule has 1 aromatic rings. The summed E-state index contributed by atoms with van der Waals surface area (Å²) in [5, 5.41) is 9.34. The molecule has 0 fully saturated rings. The zero-order valence-corrected chi connectivity index (χ0v) is 13.5. The third-order valence-corrected chi connectivity index (χ3v) is 3.85. The van der Waals surface area contributed by atoms with Crippen molar-refractivity contribution in [3.63, 3.8) is 0 Å². The second-order valence-electron chi connectivity index (χ2n) is 5.46. The van der Waals surface area contributed by atoms with Gasteiger partial charge in [0.2, 0.25) is 0 Å². The summed E-state index contributed by atoms with van der Waals surface area (Å²) in [4.78, 5) is 23.7. The van der Waals surface area contributed by atoms with Crippen LogP contribution in [0.5, 0.6) is 5.75 Å². The fourth-order valence-corrected chi connectivity index (χ4v) is 2.30. The lowest BCUT2D eigenvalue weighted by molar-refractivity contribution is -0.147. The second kappa shape index (κ2) is 6.79. The Balaban J connectivity index is 2.41. The molecule has 1 aliphatic heterocycles. The lowest BCUT2D eigenvalue weighted by Crippen LogP contribution is -2.27. The Morgan fingerprint density at radius 1 is 1.39 bits per heavy atom. The Morgan fingerprint density at radius 3 is 2.65 bits per heavy atom. The molecule has 122 valence electrons. The monoisotopic (exact) mass is 316 g/mol. The van der Waals surface area contributed by atoms with E-state index in [4.69, 9.17) is 9.47 Å². The number of hydrogen-bond donors (Lipinski definition) is 1. The normalized spacial score (nSPS) is 19.7. The summed E-state index contributed by atoms with van der Waals surface area (Å²) in [6, 6.07) is 4.98. The molecule has 1 aromatic carbocycles. The third-order valence-electron chi connectivity index (χ3n) is 3.85. The number of esters is 1. The molecule has 1 heterocycles. The van der Waals surface area contributed by atoms with Gasteiger partial charge in [-0.3, -0.25) is 4.79 Å². The van der Waals surface area contributed by atoms with Crippen molar-refractivity contribution in [2.75, 3.05) is 6.61 Å². The number of allylic oxidation sites excluding steroid dienone is 1. The van der Waals surface area contributed by atoms with E-state index in [-0.39, 0.29) is 12.4 Å². The first-order valence-corrected chi connectivity index (χ1v) is 7.33. The van der Waals surface area contributed by atoms with Crippen LogP contribution >= 0.6 is 0 Å². The number of aliphatic hydroxyl groups excluding tert-OH is 1. The predicted molar refractivity (Wildman–Crippen MR) is 85.4 cm³/mol. The SMILES string of the molecule is C=C(CO)[C@H]1Oc2ccc(C(C)=O)cc2[C@H]1OC(=O)C(C)=CC. The van der Waals surface area contributed by atoms with Gasteiger partial charge in [-0.1, -0.05) is 12.7 Å². The molecule has 1 aliphatic rings. The molecule has 0 amide bonds. The molecule has 0 aliphatic carbocycles. The molecular formula is C18H20O5. The zero-order chi connectivity index (χ0) is 17.1. The van der Waals surface area contributed by atoms with E-state index >= 15 is 0 Å². The van der Waals surface area contributed by atoms with Gasteiger partial charge >= 0.3 is 5.97 Å². The quantitative estimate of drug-likeness (QED) is 0.391. The van der Waals surface area contributed by atoms with E-state index in [0.717, 1.165) is 0 Å². The molecule has 5 heteroatoms. The predicted octanol–water partition coefficient (Wildman–Crippen LogP) is 2.75. The summed E-state index contributed by atoms with van der Waals surface area (Å²) in [5.74, 6) is -0.0459. The van der Waals surface area contributed by atoms with Crippen LogP contribution in [0.4, 0.5) is 0 Å². The number of rotatable bonds is 5. The van der Waals surface area contributed by atoms with Crippen LogP contribution in [0.1, 0.15) is 42.8 Å². The Kier molecular flexibility index (Phi) is 5.01. The molecule has 2 atom stereocenters. The van der Waals surface area contributed by atoms with E-state index in [1.165, 1.54) is 6.92 Å². The van der Waals surface area contributed by atoms with Gasteiger partial charge in [0.05, 0.1) is 6.61 Å². The third kappa shape index (κ3) is 3.35. The van der Waals surface area contributed by atoms with E-state index < -0.39 is 18.2 Å². The first-order valence-electron chi connectivity index (χ1n) is 7.33. The van der Waals surface area contributed by atoms with Gasteiger partial charge < -0.3 is 14.6 Å². The van der Waals surface area contributed by atoms with Crippen LogP contribution < -0.4 is 4.74 Å². The average Bonchev–Trinajstić information content (AvgIpc) is 2.90. The number of Topliss-reactive ketones (excluding diaryl/α,β-unsaturated/α-hetero) is 1. The van der Waals surface area contributed by atoms with Crippen LogP contribution in [-0.2, 0) is 9.53 Å². The van der Waals surface area contributed by atoms with Crippen LogP contribution in [0, 0.1) is 0 Å². The number of aliphatic hydroxyl groups is 1. The number of benzene rings is 1. The van der Waals surface area contributed by atoms with Crippen LogP contribution in [0.2, 0.25) is 0 Å². The molecule has 5 nitrogen and oxygen atoms in total. The summed E-state index contributed by atoms with van der Waals surface area (Å²) >= 11 is 0. The van der Waals surface area contributed by atoms with Crippen molar-refractivity contribution < 1.29 is 24.2 Å². The second-order valence-corrected chi connectivity index (χ2v) is 5.46. The van der Waals surface area contributed by atoms with Gasteiger partial charge in [0, 0.05) is 16.7 Å². The fraction of sp³-hybridized carbons (Fsp3) is 0.333. The number of ether oxygens (including phenoxy) is 2. The highest BCUT2D eigenvalue weighted by atomic mass is 16.6. The molecule has 0 radical (unpaired) electrons. The Labute approximate surface area is 135 Å². The van der Waals surface area contributed by atoms with E-state index in [0.29, 0.717) is 28.0 Å². The highest BCUT2D eigenvalue weighted by Gasteiger charge is 2.39. The number of carbonyl (C=O) groups is 2. The molecule has 0 unspecified atom stereocenters. The van der Waals surface area contributed by atoms with E-state index in [1.54, 1.807) is 38.1 Å². The number of hydrogen-bond acceptors (Lipinski definition) is 5. The highest BCUT2D eigenvalue weighted by Crippen LogP contribution is 2.42. The van der Waals surface area contributed by atoms with Gasteiger partial charge in [0.25, 0.3) is 0 Å². The summed E-state index contributed by atoms with van der Waals surface area (Å²) in [7, 11) is 0. The minimum absolute atomic E-state index is 0.0908. The summed E-state index contributed by atoms with van der Waals surface area (Å²) in [5.41, 5.74) is 1.98. The molecule has 0 bridgehead atoms. The fourth-order valence-electron chi connectivity index (χ4n) is 2.30. The number of fused-ring (bicyclic) bond motifs is 1. The molecule has 2 rings (SSSR count). The topological polar surface area (TPSA) is 72.8 Å². The van der Waals surface area contributed by atoms with Crippen molar-refractivity contribution in [2.24, 2.45) is 0 Å². The van der Waals surface area contributed by atoms with Crippen LogP contribution in [-0.4, -0.2) is 29.6 Å². The first-order chi connectivity index (χ1) is 10.9. The highest BCUT2D eigenvalue weighted by molar-refractivity contribution is 5.94. The first kappa shape index (κ1) is 17.0. The number of ketones is 1. The molecule has 0 spiro atoms. The minimum Gasteiger partial charge on any atom is -0.481 e. The van der Waals surface area contributed by atoms with Gasteiger partial charge in [0.15, 0.2) is 18.0 Å². The maximum atomic E-state index is 12.1. The molecule has 1 N–H and O–H groups in total. The molecule has 0 saturated carbocycles. The van der Waals surface area contributed by atoms with Crippen molar-refractivity contribution in [1.29, 1.82) is 0 Å². The maximum Gasteiger partial charge on any atom is 0.334 e. The van der Waals surface area contributed by atoms with Crippen molar-refractivity contribution >= 4 is 11.8 Å². The van der Waals surface area contributed by atoms with Crippen LogP contribution in [0.3, 0.4) is 0 Å². The van der Waals surface area contributed by atoms with Gasteiger partial charge in [-0.05, 0) is 44.5 Å². The van der Waals surface area contributed by atoms with Gasteiger partial charge in [0.1, 0.15) is 5.75 Å². The Bertz CT molecular complexity index is 687. The summed E-state index contributed by atoms with van der Waals surface area (Å²) < 4.78 is 11.3. The van der Waals surface area contributed by atoms with Crippen LogP contribution in [0.25, 0.3) is 0 Å². The Morgan fingerprint density at radius 2 is 2.09 bits per heavy atom. The summed E-state index contributed by atoms with van der Waals surface area (Å²) in [6.45, 7) is 8.35. The average molecular weight is 316 g/mol. The lowest BCUT2D eigenvalue weighted by Gasteiger charge is -2.20. The van der Waals surface area contributed by atoms with E-state index in [1.807, 2.05) is 0 Å². The van der Waals surface area contributed by atoms with Gasteiger partial charge in [-0.2, -0.15) is 0 Å². The van der Waals surface area contributed by atoms with Gasteiger partial charge in [-0.25, -0.2) is 4.79 Å².